The van der Waals surface area contributed by atoms with Gasteiger partial charge in [0.05, 0.1) is 58.7 Å². The largest absolute Gasteiger partial charge is 0.511 e. The highest BCUT2D eigenvalue weighted by atomic mass is 16.8. The molecule has 0 aliphatic rings. The molecular weight excluding hydrogens is 630 g/mol. The third-order valence-corrected chi connectivity index (χ3v) is 7.53. The molecule has 0 amide bonds. The molecule has 0 spiro atoms. The number of ether oxygens (including phenoxy) is 4. The first kappa shape index (κ1) is 34.2. The second kappa shape index (κ2) is 15.7. The van der Waals surface area contributed by atoms with Crippen LogP contribution >= 0.6 is 0 Å². The molecule has 0 bridgehead atoms. The lowest BCUT2D eigenvalue weighted by atomic mass is 9.99. The highest BCUT2D eigenvalue weighted by Crippen LogP contribution is 2.29. The van der Waals surface area contributed by atoms with Crippen molar-refractivity contribution in [2.75, 3.05) is 6.61 Å². The number of hydrogen-bond acceptors (Lipinski definition) is 12. The van der Waals surface area contributed by atoms with E-state index in [1.807, 2.05) is 69.3 Å². The fraction of sp³-hybridized carbons (Fsp3) is 0.250. The van der Waals surface area contributed by atoms with E-state index in [2.05, 4.69) is 24.9 Å². The molecule has 5 aromatic rings. The number of nitrogens with zero attached hydrogens (tertiary/aromatic N) is 5. The first-order chi connectivity index (χ1) is 23.7. The summed E-state index contributed by atoms with van der Waals surface area (Å²) in [5.41, 5.74) is 7.40. The van der Waals surface area contributed by atoms with Gasteiger partial charge in [0.1, 0.15) is 6.61 Å². The Morgan fingerprint density at radius 2 is 1.65 bits per heavy atom. The number of imidazole rings is 1. The average Bonchev–Trinajstić information content (AvgIpc) is 3.43. The number of para-hydroxylation sites is 1. The van der Waals surface area contributed by atoms with Crippen molar-refractivity contribution < 1.29 is 38.2 Å². The quantitative estimate of drug-likeness (QED) is 0.0351. The Morgan fingerprint density at radius 3 is 2.41 bits per heavy atom. The normalized spacial score (nSPS) is 11.7. The van der Waals surface area contributed by atoms with Crippen molar-refractivity contribution in [1.29, 1.82) is 0 Å². The van der Waals surface area contributed by atoms with E-state index in [1.165, 1.54) is 13.1 Å². The van der Waals surface area contributed by atoms with Crippen LogP contribution in [0.25, 0.3) is 22.2 Å². The van der Waals surface area contributed by atoms with E-state index < -0.39 is 18.4 Å². The molecule has 13 heteroatoms. The highest BCUT2D eigenvalue weighted by molar-refractivity contribution is 6.02. The fourth-order valence-corrected chi connectivity index (χ4v) is 5.10. The van der Waals surface area contributed by atoms with Crippen LogP contribution in [0.2, 0.25) is 0 Å². The maximum Gasteiger partial charge on any atom is 0.511 e. The van der Waals surface area contributed by atoms with Crippen LogP contribution in [-0.2, 0) is 37.0 Å². The highest BCUT2D eigenvalue weighted by Gasteiger charge is 2.23. The Balaban J connectivity index is 1.32. The zero-order chi connectivity index (χ0) is 34.9. The van der Waals surface area contributed by atoms with Crippen molar-refractivity contribution in [2.45, 2.75) is 54.1 Å². The third kappa shape index (κ3) is 8.25. The summed E-state index contributed by atoms with van der Waals surface area (Å²) < 4.78 is 23.6. The molecule has 0 fully saturated rings. The van der Waals surface area contributed by atoms with Gasteiger partial charge in [-0.2, -0.15) is 4.98 Å². The maximum atomic E-state index is 13.5. The number of carbonyl (C=O) groups is 3. The van der Waals surface area contributed by atoms with Gasteiger partial charge >= 0.3 is 18.6 Å². The van der Waals surface area contributed by atoms with Gasteiger partial charge in [-0.3, -0.25) is 19.3 Å². The summed E-state index contributed by atoms with van der Waals surface area (Å²) in [6, 6.07) is 20.8. The topological polar surface area (TPSA) is 153 Å². The van der Waals surface area contributed by atoms with Gasteiger partial charge in [0, 0.05) is 12.5 Å². The smallest absolute Gasteiger partial charge is 0.465 e. The lowest BCUT2D eigenvalue weighted by Gasteiger charge is -2.16. The fourth-order valence-electron chi connectivity index (χ4n) is 5.10. The van der Waals surface area contributed by atoms with E-state index >= 15 is 0 Å². The summed E-state index contributed by atoms with van der Waals surface area (Å²) in [6.07, 6.45) is -0.800. The predicted octanol–water partition coefficient (Wildman–Crippen LogP) is 6.23. The number of hydrogen-bond donors (Lipinski definition) is 0. The van der Waals surface area contributed by atoms with Crippen molar-refractivity contribution in [1.82, 2.24) is 19.5 Å². The van der Waals surface area contributed by atoms with E-state index in [1.54, 1.807) is 29.7 Å². The molecule has 3 aromatic carbocycles. The summed E-state index contributed by atoms with van der Waals surface area (Å²) in [4.78, 5) is 54.2. The van der Waals surface area contributed by atoms with Crippen LogP contribution in [0.4, 0.5) is 4.79 Å². The van der Waals surface area contributed by atoms with Gasteiger partial charge in [-0.15, -0.1) is 0 Å². The van der Waals surface area contributed by atoms with Crippen molar-refractivity contribution in [3.8, 4) is 17.1 Å². The Labute approximate surface area is 282 Å². The molecule has 1 atom stereocenters. The first-order valence-electron chi connectivity index (χ1n) is 15.5. The molecule has 0 aliphatic heterocycles. The minimum atomic E-state index is -1.25. The van der Waals surface area contributed by atoms with Crippen LogP contribution in [0.1, 0.15) is 58.1 Å². The summed E-state index contributed by atoms with van der Waals surface area (Å²) >= 11 is 0. The predicted molar refractivity (Wildman–Crippen MR) is 179 cm³/mol. The summed E-state index contributed by atoms with van der Waals surface area (Å²) in [6.45, 7) is 9.51. The average molecular weight is 666 g/mol. The van der Waals surface area contributed by atoms with Crippen LogP contribution < -0.4 is 4.74 Å². The summed E-state index contributed by atoms with van der Waals surface area (Å²) in [5, 5.41) is 3.66. The third-order valence-electron chi connectivity index (χ3n) is 7.53. The van der Waals surface area contributed by atoms with Gasteiger partial charge in [0.2, 0.25) is 6.29 Å². The van der Waals surface area contributed by atoms with Crippen LogP contribution in [0.5, 0.6) is 6.01 Å². The summed E-state index contributed by atoms with van der Waals surface area (Å²) in [7, 11) is 0. The number of aromatic nitrogens is 4. The second-order valence-corrected chi connectivity index (χ2v) is 10.9. The Hall–Kier alpha value is -6.11. The molecular formula is C36H35N5O8. The number of oxime groups is 1. The molecule has 2 heterocycles. The number of esters is 1. The standard InChI is InChI=1S/C36H35N5O8/c1-6-45-35-40-31-13-9-12-30(34(43)48-25(5)49-36(44)46-20-32-24(4)38-22(2)23(3)39-32)33(31)41(35)19-26-14-16-27(17-15-26)29-11-8-7-10-28(29)18-37-47-21-42/h7-18,21,25H,6,19-20H2,1-5H3. The van der Waals surface area contributed by atoms with E-state index in [0.717, 1.165) is 33.6 Å². The molecule has 0 saturated heterocycles. The van der Waals surface area contributed by atoms with Crippen LogP contribution in [-0.4, -0.2) is 57.2 Å². The zero-order valence-electron chi connectivity index (χ0n) is 27.7. The monoisotopic (exact) mass is 665 g/mol. The lowest BCUT2D eigenvalue weighted by Crippen LogP contribution is -2.23. The van der Waals surface area contributed by atoms with Crippen LogP contribution in [0.3, 0.4) is 0 Å². The van der Waals surface area contributed by atoms with Crippen molar-refractivity contribution >= 4 is 35.8 Å². The first-order valence-corrected chi connectivity index (χ1v) is 15.5. The number of aryl methyl sites for hydroxylation is 3. The Kier molecular flexibility index (Phi) is 10.9. The van der Waals surface area contributed by atoms with E-state index in [-0.39, 0.29) is 18.6 Å². The van der Waals surface area contributed by atoms with E-state index in [9.17, 15) is 14.4 Å². The van der Waals surface area contributed by atoms with E-state index in [0.29, 0.717) is 41.6 Å². The Bertz CT molecular complexity index is 2010. The van der Waals surface area contributed by atoms with Gasteiger partial charge in [-0.05, 0) is 56.5 Å². The molecule has 0 saturated carbocycles. The molecule has 0 aliphatic carbocycles. The van der Waals surface area contributed by atoms with Crippen molar-refractivity contribution in [2.24, 2.45) is 5.16 Å². The number of rotatable bonds is 13. The molecule has 252 valence electrons. The molecule has 0 radical (unpaired) electrons. The zero-order valence-corrected chi connectivity index (χ0v) is 27.7. The van der Waals surface area contributed by atoms with Crippen LogP contribution in [0, 0.1) is 20.8 Å². The molecule has 13 nitrogen and oxygen atoms in total. The molecule has 1 unspecified atom stereocenters. The minimum absolute atomic E-state index is 0.143. The van der Waals surface area contributed by atoms with Gasteiger partial charge in [0.15, 0.2) is 0 Å². The number of benzene rings is 3. The number of carbonyl (C=O) groups excluding carboxylic acids is 3. The minimum Gasteiger partial charge on any atom is -0.465 e. The second-order valence-electron chi connectivity index (χ2n) is 10.9. The van der Waals surface area contributed by atoms with Gasteiger partial charge in [-0.25, -0.2) is 9.59 Å². The molecule has 0 N–H and O–H groups in total. The van der Waals surface area contributed by atoms with Gasteiger partial charge in [-0.1, -0.05) is 59.8 Å². The van der Waals surface area contributed by atoms with Crippen molar-refractivity contribution in [3.05, 3.63) is 106 Å². The van der Waals surface area contributed by atoms with Gasteiger partial charge in [0.25, 0.3) is 6.01 Å². The van der Waals surface area contributed by atoms with E-state index in [4.69, 9.17) is 18.9 Å². The molecule has 2 aromatic heterocycles. The summed E-state index contributed by atoms with van der Waals surface area (Å²) in [5.74, 6) is -0.724. The number of fused-ring (bicyclic) bond motifs is 1. The Morgan fingerprint density at radius 1 is 0.898 bits per heavy atom. The maximum absolute atomic E-state index is 13.5. The van der Waals surface area contributed by atoms with Crippen LogP contribution in [0.15, 0.2) is 71.9 Å². The van der Waals surface area contributed by atoms with Crippen molar-refractivity contribution in [3.63, 3.8) is 0 Å². The van der Waals surface area contributed by atoms with Gasteiger partial charge < -0.3 is 23.8 Å². The SMILES string of the molecule is CCOc1nc2cccc(C(=O)OC(C)OC(=O)OCc3nc(C)c(C)nc3C)c2n1Cc1ccc(-c2ccccc2C=NOC=O)cc1. The lowest BCUT2D eigenvalue weighted by molar-refractivity contribution is -0.128. The molecule has 5 rings (SSSR count). The molecule has 49 heavy (non-hydrogen) atoms.